The van der Waals surface area contributed by atoms with E-state index in [2.05, 4.69) is 18.1 Å². The number of aromatic nitrogens is 2. The van der Waals surface area contributed by atoms with Gasteiger partial charge in [0.1, 0.15) is 24.1 Å². The number of ether oxygens (including phenoxy) is 1. The molecule has 0 saturated carbocycles. The largest absolute Gasteiger partial charge is 0.756 e. The number of phosphoric ester groups is 1. The first-order valence-electron chi connectivity index (χ1n) is 7.20. The van der Waals surface area contributed by atoms with Crippen LogP contribution in [0.4, 0.5) is 5.82 Å². The molecule has 0 aliphatic carbocycles. The normalized spacial score (nSPS) is 28.1. The van der Waals surface area contributed by atoms with Gasteiger partial charge in [-0.15, -0.1) is 0 Å². The highest BCUT2D eigenvalue weighted by Crippen LogP contribution is 2.61. The van der Waals surface area contributed by atoms with Crippen molar-refractivity contribution in [1.29, 1.82) is 0 Å². The van der Waals surface area contributed by atoms with Gasteiger partial charge in [-0.1, -0.05) is 0 Å². The Hall–Kier alpha value is -1.15. The van der Waals surface area contributed by atoms with Crippen molar-refractivity contribution in [2.45, 2.75) is 24.5 Å². The van der Waals surface area contributed by atoms with Gasteiger partial charge in [0.15, 0.2) is 6.23 Å². The summed E-state index contributed by atoms with van der Waals surface area (Å²) in [5.41, 5.74) is 4.35. The number of nitrogens with two attached hydrogens (primary N) is 1. The van der Waals surface area contributed by atoms with Gasteiger partial charge in [0.05, 0.1) is 6.61 Å². The lowest BCUT2D eigenvalue weighted by molar-refractivity contribution is -0.250. The van der Waals surface area contributed by atoms with Crippen LogP contribution in [-0.4, -0.2) is 49.6 Å². The number of rotatable bonds is 8. The number of aliphatic hydroxyl groups excluding tert-OH is 2. The van der Waals surface area contributed by atoms with Crippen LogP contribution < -0.4 is 44.6 Å². The quantitative estimate of drug-likeness (QED) is 0.163. The molecule has 2 rings (SSSR count). The average Bonchev–Trinajstić information content (AvgIpc) is 2.78. The molecule has 0 bridgehead atoms. The molecular weight excluding hydrogens is 509 g/mol. The molecule has 190 valence electrons. The molecule has 1 aliphatic heterocycles. The van der Waals surface area contributed by atoms with E-state index in [-0.39, 0.29) is 24.3 Å². The zero-order valence-corrected chi connectivity index (χ0v) is 19.5. The summed E-state index contributed by atoms with van der Waals surface area (Å²) in [6, 6.07) is 1.18. The molecule has 0 radical (unpaired) electrons. The Labute approximate surface area is 179 Å². The Balaban J connectivity index is 0. The second-order valence-corrected chi connectivity index (χ2v) is 9.70. The minimum atomic E-state index is -6.09. The number of aliphatic hydroxyl groups is 2. The lowest BCUT2D eigenvalue weighted by Crippen LogP contribution is -2.36. The van der Waals surface area contributed by atoms with Crippen molar-refractivity contribution < 1.29 is 61.4 Å². The number of nitrogen functional groups attached to an aromatic ring is 1. The number of hydrogen-bond donors (Lipinski definition) is 7. The van der Waals surface area contributed by atoms with Gasteiger partial charge in [0.25, 0.3) is 23.5 Å². The van der Waals surface area contributed by atoms with E-state index < -0.39 is 60.3 Å². The van der Waals surface area contributed by atoms with Crippen molar-refractivity contribution in [3.05, 3.63) is 22.7 Å². The lowest BCUT2D eigenvalue weighted by atomic mass is 10.1. The maximum absolute atomic E-state index is 11.8. The van der Waals surface area contributed by atoms with Crippen molar-refractivity contribution in [2.24, 2.45) is 0 Å². The molecule has 1 aliphatic rings. The Morgan fingerprint density at radius 3 is 2.16 bits per heavy atom. The zero-order chi connectivity index (χ0) is 22.2. The second kappa shape index (κ2) is 11.8. The van der Waals surface area contributed by atoms with Crippen LogP contribution >= 0.6 is 23.5 Å². The van der Waals surface area contributed by atoms with E-state index in [1.807, 2.05) is 0 Å². The molecule has 17 N–H and O–H groups in total. The number of phosphoric acid groups is 3. The summed E-state index contributed by atoms with van der Waals surface area (Å²) in [6.07, 6.45) is -5.62. The molecule has 0 amide bonds. The molecule has 0 spiro atoms. The highest BCUT2D eigenvalue weighted by atomic mass is 31.3. The minimum absolute atomic E-state index is 0. The molecule has 1 fully saturated rings. The molecular formula is C9H25N6O14P3. The third-order valence-electron chi connectivity index (χ3n) is 3.26. The molecule has 23 heteroatoms. The smallest absolute Gasteiger partial charge is 0.351 e. The van der Waals surface area contributed by atoms with E-state index in [9.17, 15) is 43.4 Å². The van der Waals surface area contributed by atoms with E-state index in [0.717, 1.165) is 10.8 Å². The number of nitrogens with zero attached hydrogens (tertiary/aromatic N) is 2. The van der Waals surface area contributed by atoms with Crippen LogP contribution in [0.25, 0.3) is 0 Å². The SMILES string of the molecule is Nc1ccn([C@@H]2O[C@H](COP(=O)([O-])OP(=O)([O-])OP(=O)([O-])O)[C@H](O)C2O)c(=O)n1.[NH4+].[NH4+].[NH4+]. The van der Waals surface area contributed by atoms with E-state index >= 15 is 0 Å². The summed E-state index contributed by atoms with van der Waals surface area (Å²) >= 11 is 0. The van der Waals surface area contributed by atoms with Gasteiger partial charge in [0, 0.05) is 6.20 Å². The summed E-state index contributed by atoms with van der Waals surface area (Å²) < 4.78 is 49.5. The highest BCUT2D eigenvalue weighted by Gasteiger charge is 2.44. The Kier molecular flexibility index (Phi) is 12.2. The van der Waals surface area contributed by atoms with E-state index in [0.29, 0.717) is 0 Å². The Bertz CT molecular complexity index is 954. The van der Waals surface area contributed by atoms with Gasteiger partial charge in [-0.25, -0.2) is 13.4 Å². The van der Waals surface area contributed by atoms with Crippen molar-refractivity contribution in [1.82, 2.24) is 28.0 Å². The van der Waals surface area contributed by atoms with Gasteiger partial charge >= 0.3 is 5.69 Å². The topological polar surface area (TPSA) is 388 Å². The predicted molar refractivity (Wildman–Crippen MR) is 99.9 cm³/mol. The van der Waals surface area contributed by atoms with Crippen LogP contribution in [0.2, 0.25) is 0 Å². The molecule has 32 heavy (non-hydrogen) atoms. The molecule has 2 heterocycles. The van der Waals surface area contributed by atoms with E-state index in [1.54, 1.807) is 0 Å². The van der Waals surface area contributed by atoms with Crippen molar-refractivity contribution in [2.75, 3.05) is 12.3 Å². The van der Waals surface area contributed by atoms with Crippen molar-refractivity contribution in [3.8, 4) is 0 Å². The van der Waals surface area contributed by atoms with Crippen molar-refractivity contribution >= 4 is 29.3 Å². The fourth-order valence-corrected chi connectivity index (χ4v) is 5.06. The number of anilines is 1. The first-order chi connectivity index (χ1) is 13.1. The highest BCUT2D eigenvalue weighted by molar-refractivity contribution is 7.65. The maximum Gasteiger partial charge on any atom is 0.351 e. The Morgan fingerprint density at radius 1 is 1.09 bits per heavy atom. The van der Waals surface area contributed by atoms with Crippen LogP contribution in [0.15, 0.2) is 17.1 Å². The molecule has 4 unspecified atom stereocenters. The van der Waals surface area contributed by atoms with Crippen LogP contribution in [0.3, 0.4) is 0 Å². The third kappa shape index (κ3) is 9.00. The van der Waals surface area contributed by atoms with Crippen LogP contribution in [-0.2, 0) is 31.6 Å². The minimum Gasteiger partial charge on any atom is -0.756 e. The third-order valence-corrected chi connectivity index (χ3v) is 6.95. The summed E-state index contributed by atoms with van der Waals surface area (Å²) in [5, 5.41) is 19.9. The van der Waals surface area contributed by atoms with Crippen LogP contribution in [0.5, 0.6) is 0 Å². The lowest BCUT2D eigenvalue weighted by Gasteiger charge is -2.33. The summed E-state index contributed by atoms with van der Waals surface area (Å²) in [4.78, 5) is 56.4. The van der Waals surface area contributed by atoms with Crippen LogP contribution in [0.1, 0.15) is 6.23 Å². The van der Waals surface area contributed by atoms with Gasteiger partial charge in [-0.2, -0.15) is 4.98 Å². The molecule has 1 aromatic heterocycles. The van der Waals surface area contributed by atoms with E-state index in [4.69, 9.17) is 15.4 Å². The van der Waals surface area contributed by atoms with Crippen LogP contribution in [0, 0.1) is 0 Å². The summed E-state index contributed by atoms with van der Waals surface area (Å²) in [7, 11) is -17.8. The Morgan fingerprint density at radius 2 is 1.66 bits per heavy atom. The first-order valence-corrected chi connectivity index (χ1v) is 11.6. The molecule has 20 nitrogen and oxygen atoms in total. The summed E-state index contributed by atoms with van der Waals surface area (Å²) in [6.45, 7) is -1.12. The fraction of sp³-hybridized carbons (Fsp3) is 0.556. The predicted octanol–water partition coefficient (Wildman–Crippen LogP) is -2.98. The number of hydrogen-bond acceptors (Lipinski definition) is 15. The van der Waals surface area contributed by atoms with Gasteiger partial charge in [0.2, 0.25) is 0 Å². The second-order valence-electron chi connectivity index (χ2n) is 5.41. The maximum atomic E-state index is 11.8. The molecule has 7 atom stereocenters. The average molecular weight is 534 g/mol. The molecule has 1 saturated heterocycles. The fourth-order valence-electron chi connectivity index (χ4n) is 2.17. The van der Waals surface area contributed by atoms with Gasteiger partial charge in [-0.05, 0) is 6.07 Å². The molecule has 0 aromatic carbocycles. The molecule has 1 aromatic rings. The monoisotopic (exact) mass is 534 g/mol. The first kappa shape index (κ1) is 33.0. The number of quaternary nitrogens is 3. The van der Waals surface area contributed by atoms with Gasteiger partial charge < -0.3 is 63.2 Å². The van der Waals surface area contributed by atoms with Crippen molar-refractivity contribution in [3.63, 3.8) is 0 Å². The van der Waals surface area contributed by atoms with Gasteiger partial charge in [-0.3, -0.25) is 18.3 Å². The standard InChI is InChI=1S/C9H16N3O14P3.3H3N/c10-5-1-2-12(9(15)11-5)8-7(14)6(13)4(24-8)3-23-28(19,20)26-29(21,22)25-27(16,17)18;;;/h1-2,4,6-8,13-14H,3H2,(H,19,20)(H,21,22)(H2,10,11,15)(H2,16,17,18);3*1H3/t4-,6+,7?,8-;;;/m1.../s1. The van der Waals surface area contributed by atoms with E-state index in [1.165, 1.54) is 6.07 Å². The zero-order valence-electron chi connectivity index (χ0n) is 16.8. The summed E-state index contributed by atoms with van der Waals surface area (Å²) in [5.74, 6) is -0.140.